The summed E-state index contributed by atoms with van der Waals surface area (Å²) in [4.78, 5) is 28.2. The molecule has 2 aliphatic heterocycles. The smallest absolute Gasteiger partial charge is 0.274 e. The molecule has 0 aromatic heterocycles. The number of likely N-dealkylation sites (N-methyl/N-ethyl adjacent to an activating group) is 1. The number of halogens is 3. The molecule has 0 bridgehead atoms. The predicted molar refractivity (Wildman–Crippen MR) is 105 cm³/mol. The van der Waals surface area contributed by atoms with Crippen molar-refractivity contribution < 1.29 is 33.0 Å². The van der Waals surface area contributed by atoms with E-state index in [1.165, 1.54) is 16.0 Å². The number of benzene rings is 1. The summed E-state index contributed by atoms with van der Waals surface area (Å²) >= 11 is 0. The molecule has 1 aromatic rings. The minimum atomic E-state index is -1.78. The molecule has 2 amide bonds. The molecule has 7 nitrogen and oxygen atoms in total. The number of carbonyl (C=O) groups is 2. The zero-order valence-corrected chi connectivity index (χ0v) is 17.2. The van der Waals surface area contributed by atoms with Crippen LogP contribution in [0.25, 0.3) is 0 Å². The minimum Gasteiger partial charge on any atom is -0.507 e. The SMILES string of the molecule is CCCCC1CN2C=C(C(=O)NCc3c(F)cc(F)cc3F)C(O)C(O)=C2C(=O)N1C. The lowest BCUT2D eigenvalue weighted by Gasteiger charge is -2.42. The number of amides is 2. The van der Waals surface area contributed by atoms with Gasteiger partial charge in [-0.1, -0.05) is 19.8 Å². The number of nitrogens with zero attached hydrogens (tertiary/aromatic N) is 2. The Morgan fingerprint density at radius 2 is 1.90 bits per heavy atom. The van der Waals surface area contributed by atoms with E-state index in [1.54, 1.807) is 7.05 Å². The first kappa shape index (κ1) is 22.7. The van der Waals surface area contributed by atoms with Gasteiger partial charge in [0.25, 0.3) is 11.8 Å². The summed E-state index contributed by atoms with van der Waals surface area (Å²) in [6.07, 6.45) is 2.03. The first-order valence-electron chi connectivity index (χ1n) is 9.94. The van der Waals surface area contributed by atoms with Crippen molar-refractivity contribution in [3.8, 4) is 0 Å². The molecule has 3 rings (SSSR count). The fraction of sp³-hybridized carbons (Fsp3) is 0.429. The quantitative estimate of drug-likeness (QED) is 0.631. The van der Waals surface area contributed by atoms with Crippen molar-refractivity contribution in [3.63, 3.8) is 0 Å². The first-order chi connectivity index (χ1) is 14.6. The van der Waals surface area contributed by atoms with Gasteiger partial charge in [0.15, 0.2) is 5.76 Å². The second-order valence-electron chi connectivity index (χ2n) is 7.62. The van der Waals surface area contributed by atoms with Crippen molar-refractivity contribution in [2.75, 3.05) is 13.6 Å². The van der Waals surface area contributed by atoms with Gasteiger partial charge in [-0.25, -0.2) is 13.2 Å². The fourth-order valence-electron chi connectivity index (χ4n) is 3.70. The van der Waals surface area contributed by atoms with E-state index in [1.807, 2.05) is 6.92 Å². The second-order valence-corrected chi connectivity index (χ2v) is 7.62. The van der Waals surface area contributed by atoms with Gasteiger partial charge in [0.05, 0.1) is 5.57 Å². The third kappa shape index (κ3) is 4.39. The Morgan fingerprint density at radius 1 is 1.26 bits per heavy atom. The van der Waals surface area contributed by atoms with Crippen LogP contribution in [0.1, 0.15) is 31.7 Å². The average molecular weight is 439 g/mol. The van der Waals surface area contributed by atoms with E-state index in [-0.39, 0.29) is 17.3 Å². The maximum Gasteiger partial charge on any atom is 0.274 e. The molecule has 0 saturated carbocycles. The third-order valence-electron chi connectivity index (χ3n) is 5.54. The Balaban J connectivity index is 1.80. The van der Waals surface area contributed by atoms with Crippen molar-refractivity contribution in [3.05, 3.63) is 58.4 Å². The molecule has 1 saturated heterocycles. The van der Waals surface area contributed by atoms with Gasteiger partial charge in [-0.15, -0.1) is 0 Å². The van der Waals surface area contributed by atoms with Crippen LogP contribution >= 0.6 is 0 Å². The van der Waals surface area contributed by atoms with Crippen LogP contribution < -0.4 is 5.32 Å². The molecular formula is C21H24F3N3O4. The largest absolute Gasteiger partial charge is 0.507 e. The Kier molecular flexibility index (Phi) is 6.59. The fourth-order valence-corrected chi connectivity index (χ4v) is 3.70. The van der Waals surface area contributed by atoms with Crippen LogP contribution in [0, 0.1) is 17.5 Å². The Labute approximate surface area is 177 Å². The average Bonchev–Trinajstić information content (AvgIpc) is 2.70. The Hall–Kier alpha value is -3.01. The van der Waals surface area contributed by atoms with Crippen LogP contribution in [0.15, 0.2) is 35.4 Å². The van der Waals surface area contributed by atoms with Crippen molar-refractivity contribution >= 4 is 11.8 Å². The molecule has 2 aliphatic rings. The summed E-state index contributed by atoms with van der Waals surface area (Å²) in [5, 5.41) is 23.0. The van der Waals surface area contributed by atoms with E-state index in [4.69, 9.17) is 0 Å². The van der Waals surface area contributed by atoms with Gasteiger partial charge < -0.3 is 25.3 Å². The number of piperazine rings is 1. The van der Waals surface area contributed by atoms with Crippen molar-refractivity contribution in [2.24, 2.45) is 0 Å². The zero-order valence-electron chi connectivity index (χ0n) is 17.2. The normalized spacial score (nSPS) is 21.2. The predicted octanol–water partition coefficient (Wildman–Crippen LogP) is 2.08. The zero-order chi connectivity index (χ0) is 22.9. The van der Waals surface area contributed by atoms with Crippen LogP contribution in [0.4, 0.5) is 13.2 Å². The van der Waals surface area contributed by atoms with E-state index in [9.17, 15) is 33.0 Å². The number of rotatable bonds is 6. The number of aliphatic hydroxyl groups excluding tert-OH is 2. The highest BCUT2D eigenvalue weighted by Gasteiger charge is 2.41. The molecule has 0 radical (unpaired) electrons. The molecule has 1 fully saturated rings. The molecule has 0 aliphatic carbocycles. The van der Waals surface area contributed by atoms with Gasteiger partial charge in [0.1, 0.15) is 29.3 Å². The monoisotopic (exact) mass is 439 g/mol. The van der Waals surface area contributed by atoms with Crippen molar-refractivity contribution in [1.82, 2.24) is 15.1 Å². The Bertz CT molecular complexity index is 940. The van der Waals surface area contributed by atoms with Crippen molar-refractivity contribution in [1.29, 1.82) is 0 Å². The molecule has 31 heavy (non-hydrogen) atoms. The van der Waals surface area contributed by atoms with Crippen LogP contribution in [0.3, 0.4) is 0 Å². The highest BCUT2D eigenvalue weighted by atomic mass is 19.1. The minimum absolute atomic E-state index is 0.116. The number of unbranched alkanes of at least 4 members (excludes halogenated alkanes) is 1. The van der Waals surface area contributed by atoms with Gasteiger partial charge in [0, 0.05) is 50.1 Å². The lowest BCUT2D eigenvalue weighted by atomic mass is 9.97. The van der Waals surface area contributed by atoms with Crippen molar-refractivity contribution in [2.45, 2.75) is 44.9 Å². The Morgan fingerprint density at radius 3 is 2.52 bits per heavy atom. The maximum absolute atomic E-state index is 13.8. The topological polar surface area (TPSA) is 93.1 Å². The summed E-state index contributed by atoms with van der Waals surface area (Å²) < 4.78 is 40.6. The summed E-state index contributed by atoms with van der Waals surface area (Å²) in [7, 11) is 1.62. The van der Waals surface area contributed by atoms with E-state index in [0.717, 1.165) is 19.3 Å². The molecule has 2 unspecified atom stereocenters. The number of aliphatic hydroxyl groups is 2. The number of carbonyl (C=O) groups excluding carboxylic acids is 2. The van der Waals surface area contributed by atoms with Crippen LogP contribution in [-0.4, -0.2) is 57.6 Å². The molecule has 0 spiro atoms. The van der Waals surface area contributed by atoms with Gasteiger partial charge in [-0.05, 0) is 6.42 Å². The van der Waals surface area contributed by atoms with E-state index < -0.39 is 53.2 Å². The van der Waals surface area contributed by atoms with Crippen LogP contribution in [-0.2, 0) is 16.1 Å². The van der Waals surface area contributed by atoms with Crippen LogP contribution in [0.5, 0.6) is 0 Å². The lowest BCUT2D eigenvalue weighted by Crippen LogP contribution is -2.54. The highest BCUT2D eigenvalue weighted by molar-refractivity contribution is 5.99. The van der Waals surface area contributed by atoms with Gasteiger partial charge in [0.2, 0.25) is 0 Å². The highest BCUT2D eigenvalue weighted by Crippen LogP contribution is 2.31. The number of hydrogen-bond donors (Lipinski definition) is 3. The number of fused-ring (bicyclic) bond motifs is 1. The summed E-state index contributed by atoms with van der Waals surface area (Å²) in [5.41, 5.74) is -0.943. The van der Waals surface area contributed by atoms with E-state index in [0.29, 0.717) is 18.7 Å². The standard InChI is InChI=1S/C21H24F3N3O4/c1-3-4-5-12-9-27-10-14(18(28)19(29)17(27)21(31)26(12)2)20(30)25-8-13-15(23)6-11(22)7-16(13)24/h6-7,10,12,18,28-29H,3-5,8-9H2,1-2H3,(H,25,30). The molecule has 3 N–H and O–H groups in total. The summed E-state index contributed by atoms with van der Waals surface area (Å²) in [6, 6.07) is 0.834. The van der Waals surface area contributed by atoms with Gasteiger partial charge in [-0.2, -0.15) is 0 Å². The second kappa shape index (κ2) is 9.01. The van der Waals surface area contributed by atoms with E-state index >= 15 is 0 Å². The molecule has 2 heterocycles. The molecular weight excluding hydrogens is 415 g/mol. The lowest BCUT2D eigenvalue weighted by molar-refractivity contribution is -0.133. The van der Waals surface area contributed by atoms with Gasteiger partial charge >= 0.3 is 0 Å². The summed E-state index contributed by atoms with van der Waals surface area (Å²) in [6.45, 7) is 1.74. The molecule has 168 valence electrons. The molecule has 1 aromatic carbocycles. The first-order valence-corrected chi connectivity index (χ1v) is 9.94. The molecule has 10 heteroatoms. The third-order valence-corrected chi connectivity index (χ3v) is 5.54. The van der Waals surface area contributed by atoms with Crippen LogP contribution in [0.2, 0.25) is 0 Å². The molecule has 2 atom stereocenters. The number of hydrogen-bond acceptors (Lipinski definition) is 5. The summed E-state index contributed by atoms with van der Waals surface area (Å²) in [5.74, 6) is -5.45. The maximum atomic E-state index is 13.8. The number of nitrogens with one attached hydrogen (secondary N) is 1. The van der Waals surface area contributed by atoms with Gasteiger partial charge in [-0.3, -0.25) is 9.59 Å². The van der Waals surface area contributed by atoms with E-state index in [2.05, 4.69) is 5.32 Å².